The Hall–Kier alpha value is -2.40. The minimum atomic E-state index is -0.621. The van der Waals surface area contributed by atoms with E-state index >= 15 is 0 Å². The molecule has 31 heavy (non-hydrogen) atoms. The average molecular weight is 445 g/mol. The number of rotatable bonds is 5. The minimum absolute atomic E-state index is 0.0615. The molecule has 1 N–H and O–H groups in total. The Labute approximate surface area is 188 Å². The second-order valence-corrected chi connectivity index (χ2v) is 9.78. The van der Waals surface area contributed by atoms with E-state index in [0.717, 1.165) is 12.0 Å². The van der Waals surface area contributed by atoms with Gasteiger partial charge in [0.15, 0.2) is 0 Å². The van der Waals surface area contributed by atoms with Crippen LogP contribution in [-0.2, 0) is 4.79 Å². The van der Waals surface area contributed by atoms with Gasteiger partial charge in [0.25, 0.3) is 5.91 Å². The van der Waals surface area contributed by atoms with Crippen LogP contribution in [0.2, 0.25) is 5.02 Å². The van der Waals surface area contributed by atoms with Gasteiger partial charge < -0.3 is 10.2 Å². The smallest absolute Gasteiger partial charge is 0.251 e. The molecule has 0 radical (unpaired) electrons. The molecular formula is C25H30ClFN2O2. The summed E-state index contributed by atoms with van der Waals surface area (Å²) in [6, 6.07) is 12.7. The van der Waals surface area contributed by atoms with Gasteiger partial charge in [-0.05, 0) is 59.6 Å². The Balaban J connectivity index is 1.72. The molecule has 6 heteroatoms. The molecule has 0 bridgehead atoms. The van der Waals surface area contributed by atoms with Gasteiger partial charge in [-0.25, -0.2) is 4.39 Å². The van der Waals surface area contributed by atoms with Gasteiger partial charge in [0.1, 0.15) is 11.9 Å². The average Bonchev–Trinajstić information content (AvgIpc) is 2.71. The largest absolute Gasteiger partial charge is 0.340 e. The summed E-state index contributed by atoms with van der Waals surface area (Å²) in [5.41, 5.74) is 1.35. The summed E-state index contributed by atoms with van der Waals surface area (Å²) in [6.07, 6.45) is 0.789. The molecule has 4 nitrogen and oxygen atoms in total. The first-order valence-corrected chi connectivity index (χ1v) is 11.1. The fraction of sp³-hybridized carbons (Fsp3) is 0.440. The number of piperidine rings is 1. The number of nitrogens with one attached hydrogen (secondary N) is 1. The van der Waals surface area contributed by atoms with E-state index in [2.05, 4.69) is 19.2 Å². The topological polar surface area (TPSA) is 49.4 Å². The number of nitrogens with zero attached hydrogens (tertiary/aromatic N) is 1. The third-order valence-electron chi connectivity index (χ3n) is 6.12. The molecule has 2 aromatic rings. The van der Waals surface area contributed by atoms with Crippen LogP contribution in [0, 0.1) is 17.2 Å². The third kappa shape index (κ3) is 5.45. The Bertz CT molecular complexity index is 943. The van der Waals surface area contributed by atoms with Gasteiger partial charge in [0, 0.05) is 23.7 Å². The summed E-state index contributed by atoms with van der Waals surface area (Å²) in [5.74, 6) is -0.459. The van der Waals surface area contributed by atoms with E-state index in [1.54, 1.807) is 24.3 Å². The van der Waals surface area contributed by atoms with Crippen LogP contribution < -0.4 is 5.32 Å². The number of halogens is 2. The Morgan fingerprint density at radius 2 is 1.84 bits per heavy atom. The number of likely N-dealkylation sites (tertiary alicyclic amines) is 1. The van der Waals surface area contributed by atoms with Crippen molar-refractivity contribution in [1.29, 1.82) is 0 Å². The standard InChI is InChI=1S/C25H30ClFN2O2/c1-16(2)22(28-23(30)18-6-5-7-19(26)14-18)24(31)29-13-12-21(25(3,4)15-29)17-8-10-20(27)11-9-17/h5-11,14,16,21-22H,12-13,15H2,1-4H3,(H,28,30)/t21?,22-/m1/s1. The number of carbonyl (C=O) groups excluding carboxylic acids is 2. The number of hydrogen-bond acceptors (Lipinski definition) is 2. The molecule has 3 rings (SSSR count). The van der Waals surface area contributed by atoms with Crippen molar-refractivity contribution < 1.29 is 14.0 Å². The monoisotopic (exact) mass is 444 g/mol. The Morgan fingerprint density at radius 3 is 2.42 bits per heavy atom. The second-order valence-electron chi connectivity index (χ2n) is 9.35. The predicted molar refractivity (Wildman–Crippen MR) is 122 cm³/mol. The Kier molecular flexibility index (Phi) is 7.05. The second kappa shape index (κ2) is 9.39. The molecule has 2 atom stereocenters. The molecule has 1 heterocycles. The van der Waals surface area contributed by atoms with E-state index in [1.165, 1.54) is 12.1 Å². The quantitative estimate of drug-likeness (QED) is 0.682. The molecule has 2 aromatic carbocycles. The van der Waals surface area contributed by atoms with Crippen molar-refractivity contribution in [2.45, 2.75) is 46.1 Å². The lowest BCUT2D eigenvalue weighted by Gasteiger charge is -2.45. The lowest BCUT2D eigenvalue weighted by atomic mass is 9.70. The van der Waals surface area contributed by atoms with Crippen LogP contribution in [-0.4, -0.2) is 35.8 Å². The molecule has 1 fully saturated rings. The van der Waals surface area contributed by atoms with Crippen LogP contribution in [0.15, 0.2) is 48.5 Å². The van der Waals surface area contributed by atoms with E-state index in [9.17, 15) is 14.0 Å². The van der Waals surface area contributed by atoms with E-state index < -0.39 is 6.04 Å². The normalized spacial score (nSPS) is 19.2. The van der Waals surface area contributed by atoms with Crippen molar-refractivity contribution in [2.75, 3.05) is 13.1 Å². The van der Waals surface area contributed by atoms with Gasteiger partial charge in [0.05, 0.1) is 0 Å². The van der Waals surface area contributed by atoms with Crippen molar-refractivity contribution in [3.63, 3.8) is 0 Å². The van der Waals surface area contributed by atoms with E-state index in [4.69, 9.17) is 11.6 Å². The summed E-state index contributed by atoms with van der Waals surface area (Å²) >= 11 is 6.00. The highest BCUT2D eigenvalue weighted by atomic mass is 35.5. The highest BCUT2D eigenvalue weighted by molar-refractivity contribution is 6.31. The van der Waals surface area contributed by atoms with Crippen LogP contribution in [0.5, 0.6) is 0 Å². The molecule has 166 valence electrons. The van der Waals surface area contributed by atoms with Crippen LogP contribution in [0.1, 0.15) is 56.0 Å². The first-order valence-electron chi connectivity index (χ1n) is 10.7. The van der Waals surface area contributed by atoms with E-state index in [0.29, 0.717) is 23.7 Å². The Morgan fingerprint density at radius 1 is 1.16 bits per heavy atom. The molecule has 1 unspecified atom stereocenters. The number of amides is 2. The lowest BCUT2D eigenvalue weighted by molar-refractivity contribution is -0.137. The molecular weight excluding hydrogens is 415 g/mol. The molecule has 1 aliphatic rings. The predicted octanol–water partition coefficient (Wildman–Crippen LogP) is 5.28. The molecule has 1 saturated heterocycles. The van der Waals surface area contributed by atoms with Crippen LogP contribution in [0.25, 0.3) is 0 Å². The molecule has 0 spiro atoms. The van der Waals surface area contributed by atoms with Crippen molar-refractivity contribution in [1.82, 2.24) is 10.2 Å². The summed E-state index contributed by atoms with van der Waals surface area (Å²) in [5, 5.41) is 3.38. The van der Waals surface area contributed by atoms with Gasteiger partial charge in [0.2, 0.25) is 5.91 Å². The van der Waals surface area contributed by atoms with Crippen molar-refractivity contribution in [3.05, 3.63) is 70.5 Å². The van der Waals surface area contributed by atoms with E-state index in [-0.39, 0.29) is 34.9 Å². The summed E-state index contributed by atoms with van der Waals surface area (Å²) < 4.78 is 13.3. The zero-order valence-corrected chi connectivity index (χ0v) is 19.2. The highest BCUT2D eigenvalue weighted by Crippen LogP contribution is 2.42. The molecule has 2 amide bonds. The number of hydrogen-bond donors (Lipinski definition) is 1. The molecule has 0 aliphatic carbocycles. The fourth-order valence-electron chi connectivity index (χ4n) is 4.42. The maximum Gasteiger partial charge on any atom is 0.251 e. The van der Waals surface area contributed by atoms with Gasteiger partial charge in [-0.3, -0.25) is 9.59 Å². The summed E-state index contributed by atoms with van der Waals surface area (Å²) in [6.45, 7) is 9.30. The first-order chi connectivity index (χ1) is 14.6. The maximum absolute atomic E-state index is 13.4. The number of benzene rings is 2. The molecule has 1 aliphatic heterocycles. The number of carbonyl (C=O) groups is 2. The van der Waals surface area contributed by atoms with Gasteiger partial charge in [-0.2, -0.15) is 0 Å². The zero-order valence-electron chi connectivity index (χ0n) is 18.5. The summed E-state index contributed by atoms with van der Waals surface area (Å²) in [7, 11) is 0. The van der Waals surface area contributed by atoms with E-state index in [1.807, 2.05) is 30.9 Å². The zero-order chi connectivity index (χ0) is 22.8. The van der Waals surface area contributed by atoms with Gasteiger partial charge >= 0.3 is 0 Å². The van der Waals surface area contributed by atoms with Crippen molar-refractivity contribution in [2.24, 2.45) is 11.3 Å². The highest BCUT2D eigenvalue weighted by Gasteiger charge is 2.40. The summed E-state index contributed by atoms with van der Waals surface area (Å²) in [4.78, 5) is 28.0. The van der Waals surface area contributed by atoms with Crippen LogP contribution >= 0.6 is 11.6 Å². The molecule has 0 aromatic heterocycles. The SMILES string of the molecule is CC(C)[C@@H](NC(=O)c1cccc(Cl)c1)C(=O)N1CCC(c2ccc(F)cc2)C(C)(C)C1. The minimum Gasteiger partial charge on any atom is -0.340 e. The van der Waals surface area contributed by atoms with Crippen molar-refractivity contribution >= 4 is 23.4 Å². The van der Waals surface area contributed by atoms with Crippen molar-refractivity contribution in [3.8, 4) is 0 Å². The third-order valence-corrected chi connectivity index (χ3v) is 6.35. The van der Waals surface area contributed by atoms with Gasteiger partial charge in [-0.1, -0.05) is 57.5 Å². The maximum atomic E-state index is 13.4. The van der Waals surface area contributed by atoms with Crippen LogP contribution in [0.3, 0.4) is 0 Å². The fourth-order valence-corrected chi connectivity index (χ4v) is 4.61. The van der Waals surface area contributed by atoms with Crippen LogP contribution in [0.4, 0.5) is 4.39 Å². The lowest BCUT2D eigenvalue weighted by Crippen LogP contribution is -2.55. The first kappa shape index (κ1) is 23.3. The molecule has 0 saturated carbocycles. The van der Waals surface area contributed by atoms with Gasteiger partial charge in [-0.15, -0.1) is 0 Å².